The maximum atomic E-state index is 12.5. The van der Waals surface area contributed by atoms with E-state index in [0.29, 0.717) is 11.3 Å². The van der Waals surface area contributed by atoms with Crippen LogP contribution in [0.25, 0.3) is 0 Å². The Morgan fingerprint density at radius 3 is 2.45 bits per heavy atom. The summed E-state index contributed by atoms with van der Waals surface area (Å²) in [4.78, 5) is 39.8. The fraction of sp³-hybridized carbons (Fsp3) is 0.471. The van der Waals surface area contributed by atoms with Crippen molar-refractivity contribution in [3.8, 4) is 0 Å². The molecule has 5 heteroatoms. The molecular formula is C17H20N2O3. The lowest BCUT2D eigenvalue weighted by Crippen LogP contribution is -2.42. The van der Waals surface area contributed by atoms with Gasteiger partial charge in [-0.25, -0.2) is 0 Å². The highest BCUT2D eigenvalue weighted by atomic mass is 16.2. The first kappa shape index (κ1) is 14.8. The van der Waals surface area contributed by atoms with Crippen LogP contribution in [0.5, 0.6) is 0 Å². The standard InChI is InChI=1S/C17H20N2O3/c1-12-6-7-14-13(10-12)16(21)17(22)19(14)11-15(20)18-8-4-2-3-5-9-18/h6-7,10H,2-5,8-9,11H2,1H3. The van der Waals surface area contributed by atoms with Gasteiger partial charge < -0.3 is 4.90 Å². The number of amides is 2. The molecule has 0 aliphatic carbocycles. The van der Waals surface area contributed by atoms with Gasteiger partial charge in [-0.15, -0.1) is 0 Å². The number of nitrogens with zero attached hydrogens (tertiary/aromatic N) is 2. The molecule has 22 heavy (non-hydrogen) atoms. The minimum atomic E-state index is -0.594. The average Bonchev–Trinajstić information content (AvgIpc) is 2.72. The second-order valence-electron chi connectivity index (χ2n) is 6.04. The largest absolute Gasteiger partial charge is 0.341 e. The summed E-state index contributed by atoms with van der Waals surface area (Å²) in [6, 6.07) is 5.32. The number of carbonyl (C=O) groups is 3. The van der Waals surface area contributed by atoms with E-state index in [0.717, 1.165) is 44.3 Å². The Morgan fingerprint density at radius 1 is 1.09 bits per heavy atom. The van der Waals surface area contributed by atoms with Crippen LogP contribution in [0.3, 0.4) is 0 Å². The van der Waals surface area contributed by atoms with Gasteiger partial charge in [0.15, 0.2) is 0 Å². The molecule has 3 rings (SSSR count). The Labute approximate surface area is 129 Å². The summed E-state index contributed by atoms with van der Waals surface area (Å²) in [7, 11) is 0. The van der Waals surface area contributed by atoms with E-state index >= 15 is 0 Å². The summed E-state index contributed by atoms with van der Waals surface area (Å²) in [6.45, 7) is 3.33. The van der Waals surface area contributed by atoms with Crippen LogP contribution in [0.2, 0.25) is 0 Å². The lowest BCUT2D eigenvalue weighted by molar-refractivity contribution is -0.130. The summed E-state index contributed by atoms with van der Waals surface area (Å²) in [5, 5.41) is 0. The summed E-state index contributed by atoms with van der Waals surface area (Å²) >= 11 is 0. The molecule has 2 heterocycles. The molecule has 1 aromatic rings. The van der Waals surface area contributed by atoms with Crippen LogP contribution in [0.1, 0.15) is 41.6 Å². The van der Waals surface area contributed by atoms with E-state index in [9.17, 15) is 14.4 Å². The van der Waals surface area contributed by atoms with Crippen LogP contribution in [0, 0.1) is 6.92 Å². The van der Waals surface area contributed by atoms with Crippen molar-refractivity contribution in [2.24, 2.45) is 0 Å². The lowest BCUT2D eigenvalue weighted by Gasteiger charge is -2.24. The van der Waals surface area contributed by atoms with Gasteiger partial charge >= 0.3 is 0 Å². The van der Waals surface area contributed by atoms with Gasteiger partial charge in [-0.05, 0) is 31.9 Å². The number of ketones is 1. The minimum Gasteiger partial charge on any atom is -0.341 e. The van der Waals surface area contributed by atoms with E-state index in [1.807, 2.05) is 17.9 Å². The van der Waals surface area contributed by atoms with E-state index in [2.05, 4.69) is 0 Å². The third-order valence-electron chi connectivity index (χ3n) is 4.38. The Hall–Kier alpha value is -2.17. The fourth-order valence-corrected chi connectivity index (χ4v) is 3.13. The molecule has 5 nitrogen and oxygen atoms in total. The molecule has 0 atom stereocenters. The Morgan fingerprint density at radius 2 is 1.77 bits per heavy atom. The summed E-state index contributed by atoms with van der Waals surface area (Å²) < 4.78 is 0. The number of aryl methyl sites for hydroxylation is 1. The van der Waals surface area contributed by atoms with Crippen molar-refractivity contribution in [3.05, 3.63) is 29.3 Å². The van der Waals surface area contributed by atoms with Gasteiger partial charge in [0, 0.05) is 13.1 Å². The van der Waals surface area contributed by atoms with Crippen molar-refractivity contribution in [2.45, 2.75) is 32.6 Å². The second-order valence-corrected chi connectivity index (χ2v) is 6.04. The number of fused-ring (bicyclic) bond motifs is 1. The molecule has 0 aromatic heterocycles. The Kier molecular flexibility index (Phi) is 3.96. The second kappa shape index (κ2) is 5.91. The molecule has 0 unspecified atom stereocenters. The van der Waals surface area contributed by atoms with Crippen molar-refractivity contribution in [3.63, 3.8) is 0 Å². The molecule has 0 N–H and O–H groups in total. The van der Waals surface area contributed by atoms with E-state index in [-0.39, 0.29) is 12.5 Å². The van der Waals surface area contributed by atoms with Crippen molar-refractivity contribution in [2.75, 3.05) is 24.5 Å². The summed E-state index contributed by atoms with van der Waals surface area (Å²) in [5.74, 6) is -1.18. The van der Waals surface area contributed by atoms with Crippen LogP contribution in [-0.4, -0.2) is 42.1 Å². The first-order chi connectivity index (χ1) is 10.6. The van der Waals surface area contributed by atoms with E-state index in [4.69, 9.17) is 0 Å². The van der Waals surface area contributed by atoms with Crippen LogP contribution in [-0.2, 0) is 9.59 Å². The van der Waals surface area contributed by atoms with Crippen molar-refractivity contribution in [1.29, 1.82) is 0 Å². The molecule has 0 spiro atoms. The van der Waals surface area contributed by atoms with Gasteiger partial charge in [0.2, 0.25) is 5.91 Å². The Bertz CT molecular complexity index is 631. The van der Waals surface area contributed by atoms with Crippen molar-refractivity contribution >= 4 is 23.3 Å². The predicted octanol–water partition coefficient (Wildman–Crippen LogP) is 1.93. The van der Waals surface area contributed by atoms with Gasteiger partial charge in [-0.2, -0.15) is 0 Å². The zero-order valence-electron chi connectivity index (χ0n) is 12.8. The van der Waals surface area contributed by atoms with Crippen LogP contribution in [0.15, 0.2) is 18.2 Å². The number of hydrogen-bond donors (Lipinski definition) is 0. The lowest BCUT2D eigenvalue weighted by atomic mass is 10.1. The molecule has 0 saturated carbocycles. The van der Waals surface area contributed by atoms with Crippen LogP contribution >= 0.6 is 0 Å². The normalized spacial score (nSPS) is 18.4. The molecule has 1 aromatic carbocycles. The molecule has 1 saturated heterocycles. The SMILES string of the molecule is Cc1ccc2c(c1)C(=O)C(=O)N2CC(=O)N1CCCCCC1. The van der Waals surface area contributed by atoms with Gasteiger partial charge in [0.25, 0.3) is 11.7 Å². The molecule has 0 bridgehead atoms. The number of benzene rings is 1. The maximum Gasteiger partial charge on any atom is 0.299 e. The topological polar surface area (TPSA) is 57.7 Å². The third-order valence-corrected chi connectivity index (χ3v) is 4.38. The van der Waals surface area contributed by atoms with Gasteiger partial charge in [0.05, 0.1) is 11.3 Å². The first-order valence-corrected chi connectivity index (χ1v) is 7.82. The maximum absolute atomic E-state index is 12.5. The van der Waals surface area contributed by atoms with Crippen LogP contribution < -0.4 is 4.90 Å². The predicted molar refractivity (Wildman–Crippen MR) is 82.9 cm³/mol. The highest BCUT2D eigenvalue weighted by molar-refractivity contribution is 6.52. The van der Waals surface area contributed by atoms with E-state index in [1.54, 1.807) is 12.1 Å². The monoisotopic (exact) mass is 300 g/mol. The van der Waals surface area contributed by atoms with Crippen molar-refractivity contribution < 1.29 is 14.4 Å². The molecule has 2 aliphatic heterocycles. The smallest absolute Gasteiger partial charge is 0.299 e. The highest BCUT2D eigenvalue weighted by Crippen LogP contribution is 2.29. The summed E-state index contributed by atoms with van der Waals surface area (Å²) in [5.41, 5.74) is 1.90. The number of anilines is 1. The minimum absolute atomic E-state index is 0.0410. The zero-order chi connectivity index (χ0) is 15.7. The quantitative estimate of drug-likeness (QED) is 0.784. The number of carbonyl (C=O) groups excluding carboxylic acids is 3. The van der Waals surface area contributed by atoms with Gasteiger partial charge in [0.1, 0.15) is 6.54 Å². The number of rotatable bonds is 2. The van der Waals surface area contributed by atoms with Gasteiger partial charge in [-0.1, -0.05) is 24.5 Å². The number of Topliss-reactive ketones (excluding diaryl/α,β-unsaturated/α-hetero) is 1. The number of likely N-dealkylation sites (tertiary alicyclic amines) is 1. The molecule has 2 aliphatic rings. The zero-order valence-corrected chi connectivity index (χ0v) is 12.8. The fourth-order valence-electron chi connectivity index (χ4n) is 3.13. The Balaban J connectivity index is 1.79. The van der Waals surface area contributed by atoms with E-state index in [1.165, 1.54) is 4.90 Å². The third kappa shape index (κ3) is 2.63. The molecule has 0 radical (unpaired) electrons. The molecule has 116 valence electrons. The highest BCUT2D eigenvalue weighted by Gasteiger charge is 2.37. The molecular weight excluding hydrogens is 280 g/mol. The first-order valence-electron chi connectivity index (χ1n) is 7.82. The summed E-state index contributed by atoms with van der Waals surface area (Å²) in [6.07, 6.45) is 4.31. The molecule has 2 amide bonds. The molecule has 1 fully saturated rings. The van der Waals surface area contributed by atoms with E-state index < -0.39 is 11.7 Å². The average molecular weight is 300 g/mol. The van der Waals surface area contributed by atoms with Gasteiger partial charge in [-0.3, -0.25) is 19.3 Å². The number of hydrogen-bond acceptors (Lipinski definition) is 3. The van der Waals surface area contributed by atoms with Crippen molar-refractivity contribution in [1.82, 2.24) is 4.90 Å². The van der Waals surface area contributed by atoms with Crippen LogP contribution in [0.4, 0.5) is 5.69 Å².